The first-order valence-corrected chi connectivity index (χ1v) is 6.79. The molecule has 1 saturated heterocycles. The van der Waals surface area contributed by atoms with Crippen LogP contribution in [0.4, 0.5) is 0 Å². The summed E-state index contributed by atoms with van der Waals surface area (Å²) >= 11 is 0. The Morgan fingerprint density at radius 1 is 1.43 bits per heavy atom. The van der Waals surface area contributed by atoms with Crippen LogP contribution in [-0.2, 0) is 10.5 Å². The Hall–Kier alpha value is -1.48. The molecule has 118 valence electrons. The summed E-state index contributed by atoms with van der Waals surface area (Å²) < 4.78 is 6.70. The fourth-order valence-electron chi connectivity index (χ4n) is 2.78. The van der Waals surface area contributed by atoms with Crippen LogP contribution in [0.2, 0.25) is 0 Å². The summed E-state index contributed by atoms with van der Waals surface area (Å²) in [4.78, 5) is 25.3. The molecule has 0 aliphatic carbocycles. The van der Waals surface area contributed by atoms with Gasteiger partial charge in [-0.15, -0.1) is 0 Å². The van der Waals surface area contributed by atoms with Gasteiger partial charge < -0.3 is 20.1 Å². The average Bonchev–Trinajstić information content (AvgIpc) is 2.63. The topological polar surface area (TPSA) is 125 Å². The van der Waals surface area contributed by atoms with Gasteiger partial charge in [0, 0.05) is 18.7 Å². The van der Waals surface area contributed by atoms with Crippen molar-refractivity contribution in [3.8, 4) is 0 Å². The van der Waals surface area contributed by atoms with E-state index in [1.54, 1.807) is 0 Å². The number of aliphatic hydroxyl groups is 3. The number of aromatic amines is 1. The number of aromatic nitrogens is 2. The van der Waals surface area contributed by atoms with Gasteiger partial charge in [0.1, 0.15) is 18.3 Å². The summed E-state index contributed by atoms with van der Waals surface area (Å²) in [6.07, 6.45) is -2.28. The van der Waals surface area contributed by atoms with E-state index in [1.807, 2.05) is 13.8 Å². The average molecular weight is 300 g/mol. The number of H-pyrrole nitrogens is 1. The molecular weight excluding hydrogens is 280 g/mol. The Bertz CT molecular complexity index is 609. The van der Waals surface area contributed by atoms with E-state index in [0.29, 0.717) is 0 Å². The molecule has 0 unspecified atom stereocenters. The van der Waals surface area contributed by atoms with Crippen LogP contribution < -0.4 is 11.2 Å². The van der Waals surface area contributed by atoms with Crippen molar-refractivity contribution in [1.29, 1.82) is 0 Å². The van der Waals surface area contributed by atoms with Crippen LogP contribution in [0, 0.1) is 5.92 Å². The molecule has 21 heavy (non-hydrogen) atoms. The standard InChI is InChI=1S/C13H20N2O6/c1-7(2)5-13(11(19)10(18)8(6-16)21-13)15-4-3-9(17)14-12(15)20/h3-4,7-8,10-11,16,18-19H,5-6H2,1-2H3,(H,14,17,20)/t8-,10-,11-,13-/m1/s1. The van der Waals surface area contributed by atoms with E-state index in [2.05, 4.69) is 4.98 Å². The van der Waals surface area contributed by atoms with Crippen LogP contribution in [0.25, 0.3) is 0 Å². The van der Waals surface area contributed by atoms with Crippen LogP contribution in [0.15, 0.2) is 21.9 Å². The molecular formula is C13H20N2O6. The third kappa shape index (κ3) is 2.67. The predicted molar refractivity (Wildman–Crippen MR) is 72.7 cm³/mol. The van der Waals surface area contributed by atoms with Gasteiger partial charge in [0.05, 0.1) is 6.61 Å². The molecule has 0 aromatic carbocycles. The summed E-state index contributed by atoms with van der Waals surface area (Å²) in [6, 6.07) is 1.14. The Morgan fingerprint density at radius 2 is 2.10 bits per heavy atom. The molecule has 1 aliphatic heterocycles. The minimum atomic E-state index is -1.53. The molecule has 4 atom stereocenters. The maximum Gasteiger partial charge on any atom is 0.330 e. The van der Waals surface area contributed by atoms with Crippen molar-refractivity contribution in [2.45, 2.75) is 44.3 Å². The number of hydrogen-bond donors (Lipinski definition) is 4. The highest BCUT2D eigenvalue weighted by Gasteiger charge is 2.55. The van der Waals surface area contributed by atoms with Crippen molar-refractivity contribution in [3.05, 3.63) is 33.1 Å². The van der Waals surface area contributed by atoms with E-state index >= 15 is 0 Å². The summed E-state index contributed by atoms with van der Waals surface area (Å²) in [5, 5.41) is 29.6. The molecule has 0 radical (unpaired) electrons. The molecule has 2 rings (SSSR count). The Kier molecular flexibility index (Phi) is 4.33. The third-order valence-corrected chi connectivity index (χ3v) is 3.63. The lowest BCUT2D eigenvalue weighted by molar-refractivity contribution is -0.161. The Balaban J connectivity index is 2.58. The second-order valence-electron chi connectivity index (χ2n) is 5.70. The molecule has 0 bridgehead atoms. The Labute approximate surface area is 120 Å². The lowest BCUT2D eigenvalue weighted by Gasteiger charge is -2.35. The molecule has 1 aliphatic rings. The minimum Gasteiger partial charge on any atom is -0.394 e. The van der Waals surface area contributed by atoms with Crippen LogP contribution in [0.1, 0.15) is 20.3 Å². The van der Waals surface area contributed by atoms with Gasteiger partial charge in [-0.25, -0.2) is 4.79 Å². The van der Waals surface area contributed by atoms with Gasteiger partial charge in [-0.2, -0.15) is 0 Å². The molecule has 8 nitrogen and oxygen atoms in total. The van der Waals surface area contributed by atoms with Gasteiger partial charge in [0.15, 0.2) is 5.72 Å². The summed E-state index contributed by atoms with van der Waals surface area (Å²) in [5.74, 6) is 0.0307. The highest BCUT2D eigenvalue weighted by molar-refractivity contribution is 5.02. The highest BCUT2D eigenvalue weighted by atomic mass is 16.6. The van der Waals surface area contributed by atoms with Crippen LogP contribution in [0.5, 0.6) is 0 Å². The SMILES string of the molecule is CC(C)C[C@@]1(n2ccc(=O)[nH]c2=O)O[C@H](CO)[C@@H](O)[C@H]1O. The first kappa shape index (κ1) is 15.9. The first-order valence-electron chi connectivity index (χ1n) is 6.79. The van der Waals surface area contributed by atoms with E-state index in [1.165, 1.54) is 6.20 Å². The van der Waals surface area contributed by atoms with E-state index in [0.717, 1.165) is 10.6 Å². The zero-order valence-corrected chi connectivity index (χ0v) is 11.9. The van der Waals surface area contributed by atoms with E-state index in [-0.39, 0.29) is 12.3 Å². The van der Waals surface area contributed by atoms with Gasteiger partial charge in [0.25, 0.3) is 5.56 Å². The predicted octanol–water partition coefficient (Wildman–Crippen LogP) is -1.65. The summed E-state index contributed by atoms with van der Waals surface area (Å²) in [5.41, 5.74) is -2.84. The first-order chi connectivity index (χ1) is 9.81. The van der Waals surface area contributed by atoms with Gasteiger partial charge >= 0.3 is 5.69 Å². The van der Waals surface area contributed by atoms with E-state index in [9.17, 15) is 24.9 Å². The molecule has 4 N–H and O–H groups in total. The number of hydrogen-bond acceptors (Lipinski definition) is 6. The maximum absolute atomic E-state index is 12.0. The lowest BCUT2D eigenvalue weighted by atomic mass is 9.93. The third-order valence-electron chi connectivity index (χ3n) is 3.63. The molecule has 2 heterocycles. The van der Waals surface area contributed by atoms with E-state index < -0.39 is 41.9 Å². The fourth-order valence-corrected chi connectivity index (χ4v) is 2.78. The number of aliphatic hydroxyl groups excluding tert-OH is 3. The minimum absolute atomic E-state index is 0.0307. The molecule has 8 heteroatoms. The van der Waals surface area contributed by atoms with Crippen molar-refractivity contribution in [3.63, 3.8) is 0 Å². The largest absolute Gasteiger partial charge is 0.394 e. The zero-order chi connectivity index (χ0) is 15.8. The van der Waals surface area contributed by atoms with Crippen molar-refractivity contribution >= 4 is 0 Å². The molecule has 0 spiro atoms. The second-order valence-corrected chi connectivity index (χ2v) is 5.70. The number of nitrogens with one attached hydrogen (secondary N) is 1. The summed E-state index contributed by atoms with van der Waals surface area (Å²) in [6.45, 7) is 3.25. The van der Waals surface area contributed by atoms with Gasteiger partial charge in [0.2, 0.25) is 0 Å². The molecule has 1 aromatic heterocycles. The number of nitrogens with zero attached hydrogens (tertiary/aromatic N) is 1. The smallest absolute Gasteiger partial charge is 0.330 e. The molecule has 0 amide bonds. The van der Waals surface area contributed by atoms with Crippen molar-refractivity contribution in [2.75, 3.05) is 6.61 Å². The van der Waals surface area contributed by atoms with Crippen molar-refractivity contribution < 1.29 is 20.1 Å². The quantitative estimate of drug-likeness (QED) is 0.528. The van der Waals surface area contributed by atoms with Crippen molar-refractivity contribution in [1.82, 2.24) is 9.55 Å². The summed E-state index contributed by atoms with van der Waals surface area (Å²) in [7, 11) is 0. The number of ether oxygens (including phenoxy) is 1. The molecule has 1 aromatic rings. The maximum atomic E-state index is 12.0. The lowest BCUT2D eigenvalue weighted by Crippen LogP contribution is -2.52. The normalized spacial score (nSPS) is 32.8. The van der Waals surface area contributed by atoms with Crippen LogP contribution in [-0.4, -0.2) is 49.8 Å². The van der Waals surface area contributed by atoms with Gasteiger partial charge in [-0.3, -0.25) is 14.3 Å². The fraction of sp³-hybridized carbons (Fsp3) is 0.692. The Morgan fingerprint density at radius 3 is 2.57 bits per heavy atom. The van der Waals surface area contributed by atoms with Crippen molar-refractivity contribution in [2.24, 2.45) is 5.92 Å². The van der Waals surface area contributed by atoms with Gasteiger partial charge in [-0.05, 0) is 5.92 Å². The van der Waals surface area contributed by atoms with E-state index in [4.69, 9.17) is 4.74 Å². The highest BCUT2D eigenvalue weighted by Crippen LogP contribution is 2.39. The second kappa shape index (κ2) is 5.72. The molecule has 1 fully saturated rings. The van der Waals surface area contributed by atoms with Crippen LogP contribution in [0.3, 0.4) is 0 Å². The van der Waals surface area contributed by atoms with Crippen LogP contribution >= 0.6 is 0 Å². The molecule has 0 saturated carbocycles. The number of rotatable bonds is 4. The monoisotopic (exact) mass is 300 g/mol. The van der Waals surface area contributed by atoms with Gasteiger partial charge in [-0.1, -0.05) is 13.8 Å². The zero-order valence-electron chi connectivity index (χ0n) is 11.9.